The zero-order valence-electron chi connectivity index (χ0n) is 17.6. The Morgan fingerprint density at radius 1 is 1.25 bits per heavy atom. The van der Waals surface area contributed by atoms with E-state index in [0.717, 1.165) is 12.6 Å². The number of carboxylic acid groups (broad SMARTS) is 1. The molecule has 2 saturated carbocycles. The fraction of sp³-hybridized carbons (Fsp3) is 0.545. The molecule has 2 aromatic rings. The number of aromatic nitrogens is 1. The molecular formula is C22H25F3N4O3. The molecule has 0 spiro atoms. The SMILES string of the molecule is Cc1c(N2CC(F)[C@@H](C3(N)CCC3)C2)c(F)c(N)c2c(=O)c(C(=O)O)cn(C3CC3F)c12. The van der Waals surface area contributed by atoms with Crippen molar-refractivity contribution in [3.63, 3.8) is 0 Å². The van der Waals surface area contributed by atoms with Crippen molar-refractivity contribution in [2.75, 3.05) is 23.7 Å². The van der Waals surface area contributed by atoms with E-state index in [0.29, 0.717) is 18.4 Å². The number of nitrogen functional groups attached to an aromatic ring is 1. The number of halogens is 3. The second-order valence-electron chi connectivity index (χ2n) is 9.44. The van der Waals surface area contributed by atoms with E-state index in [-0.39, 0.29) is 36.1 Å². The van der Waals surface area contributed by atoms with E-state index in [1.807, 2.05) is 0 Å². The molecule has 1 aliphatic heterocycles. The highest BCUT2D eigenvalue weighted by Gasteiger charge is 2.50. The van der Waals surface area contributed by atoms with Gasteiger partial charge in [0.25, 0.3) is 0 Å². The molecule has 1 saturated heterocycles. The number of carboxylic acids is 1. The fourth-order valence-electron chi connectivity index (χ4n) is 5.45. The molecule has 3 aliphatic rings. The summed E-state index contributed by atoms with van der Waals surface area (Å²) in [6.45, 7) is 1.69. The zero-order chi connectivity index (χ0) is 23.1. The Labute approximate surface area is 181 Å². The Morgan fingerprint density at radius 3 is 2.44 bits per heavy atom. The third kappa shape index (κ3) is 2.84. The van der Waals surface area contributed by atoms with Crippen LogP contribution in [0.25, 0.3) is 10.9 Å². The molecule has 3 unspecified atom stereocenters. The van der Waals surface area contributed by atoms with Gasteiger partial charge in [-0.25, -0.2) is 18.0 Å². The van der Waals surface area contributed by atoms with Crippen molar-refractivity contribution >= 4 is 28.2 Å². The van der Waals surface area contributed by atoms with E-state index in [4.69, 9.17) is 11.5 Å². The molecule has 10 heteroatoms. The fourth-order valence-corrected chi connectivity index (χ4v) is 5.45. The predicted molar refractivity (Wildman–Crippen MR) is 114 cm³/mol. The maximum atomic E-state index is 15.5. The first-order chi connectivity index (χ1) is 15.0. The van der Waals surface area contributed by atoms with Gasteiger partial charge >= 0.3 is 5.97 Å². The summed E-state index contributed by atoms with van der Waals surface area (Å²) >= 11 is 0. The second kappa shape index (κ2) is 6.87. The summed E-state index contributed by atoms with van der Waals surface area (Å²) in [4.78, 5) is 26.0. The summed E-state index contributed by atoms with van der Waals surface area (Å²) in [6.07, 6.45) is 1.15. The minimum Gasteiger partial charge on any atom is -0.477 e. The monoisotopic (exact) mass is 450 g/mol. The molecule has 0 radical (unpaired) electrons. The third-order valence-electron chi connectivity index (χ3n) is 7.52. The standard InChI is InChI=1S/C22H25F3N4O3/c1-9-18-15(20(30)10(21(31)32)6-29(18)14-5-12(14)23)17(26)16(25)19(9)28-7-11(13(24)8-28)22(27)3-2-4-22/h6,11-14H,2-5,7-8,26-27H2,1H3,(H,31,32)/t11-,12?,13?,14?/m0/s1. The number of nitrogens with two attached hydrogens (primary N) is 2. The van der Waals surface area contributed by atoms with Crippen LogP contribution in [-0.2, 0) is 0 Å². The van der Waals surface area contributed by atoms with Gasteiger partial charge in [-0.1, -0.05) is 0 Å². The van der Waals surface area contributed by atoms with Crippen LogP contribution in [0.15, 0.2) is 11.0 Å². The minimum absolute atomic E-state index is 0.0513. The molecule has 2 aliphatic carbocycles. The number of anilines is 2. The van der Waals surface area contributed by atoms with Gasteiger partial charge in [-0.3, -0.25) is 4.79 Å². The van der Waals surface area contributed by atoms with Crippen molar-refractivity contribution < 1.29 is 23.1 Å². The maximum absolute atomic E-state index is 15.5. The van der Waals surface area contributed by atoms with Crippen LogP contribution in [0.2, 0.25) is 0 Å². The number of hydrogen-bond donors (Lipinski definition) is 3. The van der Waals surface area contributed by atoms with E-state index in [2.05, 4.69) is 0 Å². The molecular weight excluding hydrogens is 425 g/mol. The lowest BCUT2D eigenvalue weighted by atomic mass is 9.68. The molecule has 5 N–H and O–H groups in total. The number of rotatable bonds is 4. The smallest absolute Gasteiger partial charge is 0.341 e. The van der Waals surface area contributed by atoms with Crippen molar-refractivity contribution in [1.82, 2.24) is 4.57 Å². The van der Waals surface area contributed by atoms with E-state index < -0.39 is 58.3 Å². The average molecular weight is 450 g/mol. The Hall–Kier alpha value is -2.75. The van der Waals surface area contributed by atoms with Gasteiger partial charge in [0.2, 0.25) is 5.43 Å². The van der Waals surface area contributed by atoms with Gasteiger partial charge in [-0.15, -0.1) is 0 Å². The summed E-state index contributed by atoms with van der Waals surface area (Å²) < 4.78 is 45.8. The maximum Gasteiger partial charge on any atom is 0.341 e. The van der Waals surface area contributed by atoms with Crippen molar-refractivity contribution in [3.8, 4) is 0 Å². The van der Waals surface area contributed by atoms with Gasteiger partial charge in [-0.2, -0.15) is 0 Å². The van der Waals surface area contributed by atoms with Crippen LogP contribution in [0.5, 0.6) is 0 Å². The molecule has 0 bridgehead atoms. The lowest BCUT2D eigenvalue weighted by molar-refractivity contribution is 0.0694. The van der Waals surface area contributed by atoms with E-state index in [1.54, 1.807) is 11.8 Å². The van der Waals surface area contributed by atoms with Crippen LogP contribution in [-0.4, -0.2) is 46.6 Å². The number of nitrogens with zero attached hydrogens (tertiary/aromatic N) is 2. The Kier molecular flexibility index (Phi) is 4.53. The molecule has 0 amide bonds. The molecule has 5 rings (SSSR count). The van der Waals surface area contributed by atoms with Crippen LogP contribution in [0.3, 0.4) is 0 Å². The Balaban J connectivity index is 1.71. The normalized spacial score (nSPS) is 28.7. The van der Waals surface area contributed by atoms with Gasteiger partial charge < -0.3 is 26.0 Å². The third-order valence-corrected chi connectivity index (χ3v) is 7.52. The number of fused-ring (bicyclic) bond motifs is 1. The van der Waals surface area contributed by atoms with E-state index >= 15 is 4.39 Å². The number of alkyl halides is 2. The first-order valence-corrected chi connectivity index (χ1v) is 10.8. The van der Waals surface area contributed by atoms with Gasteiger partial charge in [0.05, 0.1) is 28.3 Å². The van der Waals surface area contributed by atoms with Gasteiger partial charge in [0, 0.05) is 37.2 Å². The van der Waals surface area contributed by atoms with Gasteiger partial charge in [-0.05, 0) is 31.7 Å². The molecule has 1 aromatic heterocycles. The lowest BCUT2D eigenvalue weighted by Gasteiger charge is -2.43. The number of aromatic carboxylic acids is 1. The molecule has 7 nitrogen and oxygen atoms in total. The summed E-state index contributed by atoms with van der Waals surface area (Å²) in [5, 5.41) is 9.15. The highest BCUT2D eigenvalue weighted by Crippen LogP contribution is 2.47. The number of carbonyl (C=O) groups is 1. The van der Waals surface area contributed by atoms with Crippen LogP contribution < -0.4 is 21.8 Å². The molecule has 32 heavy (non-hydrogen) atoms. The molecule has 1 aromatic carbocycles. The zero-order valence-corrected chi connectivity index (χ0v) is 17.6. The molecule has 172 valence electrons. The van der Waals surface area contributed by atoms with Crippen molar-refractivity contribution in [3.05, 3.63) is 33.4 Å². The highest BCUT2D eigenvalue weighted by molar-refractivity contribution is 6.01. The predicted octanol–water partition coefficient (Wildman–Crippen LogP) is 2.67. The first-order valence-electron chi connectivity index (χ1n) is 10.8. The van der Waals surface area contributed by atoms with E-state index in [9.17, 15) is 23.5 Å². The lowest BCUT2D eigenvalue weighted by Crippen LogP contribution is -2.56. The van der Waals surface area contributed by atoms with Crippen LogP contribution in [0.1, 0.15) is 47.6 Å². The molecule has 4 atom stereocenters. The number of hydrogen-bond acceptors (Lipinski definition) is 5. The van der Waals surface area contributed by atoms with Crippen molar-refractivity contribution in [2.45, 2.75) is 56.5 Å². The number of pyridine rings is 1. The summed E-state index contributed by atoms with van der Waals surface area (Å²) in [5.41, 5.74) is 10.3. The van der Waals surface area contributed by atoms with E-state index in [1.165, 1.54) is 4.57 Å². The quantitative estimate of drug-likeness (QED) is 0.617. The molecule has 2 heterocycles. The molecule has 3 fully saturated rings. The van der Waals surface area contributed by atoms with Crippen LogP contribution >= 0.6 is 0 Å². The number of aryl methyl sites for hydroxylation is 1. The summed E-state index contributed by atoms with van der Waals surface area (Å²) in [5.74, 6) is -2.86. The van der Waals surface area contributed by atoms with Gasteiger partial charge in [0.1, 0.15) is 17.9 Å². The first kappa shape index (κ1) is 21.1. The average Bonchev–Trinajstić information content (AvgIpc) is 3.31. The largest absolute Gasteiger partial charge is 0.477 e. The Morgan fingerprint density at radius 2 is 1.91 bits per heavy atom. The summed E-state index contributed by atoms with van der Waals surface area (Å²) in [6, 6.07) is -0.671. The Bertz CT molecular complexity index is 1210. The van der Waals surface area contributed by atoms with Gasteiger partial charge in [0.15, 0.2) is 5.82 Å². The second-order valence-corrected chi connectivity index (χ2v) is 9.44. The number of benzene rings is 1. The van der Waals surface area contributed by atoms with Crippen LogP contribution in [0.4, 0.5) is 24.5 Å². The topological polar surface area (TPSA) is 115 Å². The van der Waals surface area contributed by atoms with Crippen LogP contribution in [0, 0.1) is 18.7 Å². The van der Waals surface area contributed by atoms with Crippen molar-refractivity contribution in [1.29, 1.82) is 0 Å². The highest BCUT2D eigenvalue weighted by atomic mass is 19.1. The van der Waals surface area contributed by atoms with Crippen molar-refractivity contribution in [2.24, 2.45) is 11.7 Å². The summed E-state index contributed by atoms with van der Waals surface area (Å²) in [7, 11) is 0. The minimum atomic E-state index is -1.50.